The minimum atomic E-state index is -0.471. The standard InChI is InChI=1S/C28H18O4/c1-15(29)31-24-13-12-22-23(28(24)32-16(2)30)14-18-11-10-17-6-5-9-20-19-7-3-4-8-21(19)27(22)26(18)25(17)20/h3-14H,1-2H3. The molecule has 4 heteroatoms. The second-order valence-electron chi connectivity index (χ2n) is 8.04. The molecular formula is C28H18O4. The van der Waals surface area contributed by atoms with Gasteiger partial charge in [-0.3, -0.25) is 9.59 Å². The van der Waals surface area contributed by atoms with Crippen LogP contribution in [0, 0.1) is 0 Å². The number of carbonyl (C=O) groups is 2. The third kappa shape index (κ3) is 2.56. The SMILES string of the molecule is CC(=O)Oc1ccc2c(cc3ccc4cccc5c6ccccc6c2c3c45)c1OC(C)=O. The van der Waals surface area contributed by atoms with Gasteiger partial charge in [-0.25, -0.2) is 0 Å². The highest BCUT2D eigenvalue weighted by Crippen LogP contribution is 2.47. The molecule has 6 aromatic rings. The van der Waals surface area contributed by atoms with Gasteiger partial charge in [0.2, 0.25) is 0 Å². The number of hydrogen-bond donors (Lipinski definition) is 0. The Morgan fingerprint density at radius 1 is 0.562 bits per heavy atom. The fraction of sp³-hybridized carbons (Fsp3) is 0.0714. The maximum absolute atomic E-state index is 11.9. The lowest BCUT2D eigenvalue weighted by Gasteiger charge is -2.18. The van der Waals surface area contributed by atoms with Crippen molar-refractivity contribution >= 4 is 65.8 Å². The van der Waals surface area contributed by atoms with Gasteiger partial charge in [0.15, 0.2) is 11.5 Å². The van der Waals surface area contributed by atoms with Crippen LogP contribution in [0.15, 0.2) is 72.8 Å². The first-order chi connectivity index (χ1) is 15.5. The molecule has 4 nitrogen and oxygen atoms in total. The Balaban J connectivity index is 1.90. The van der Waals surface area contributed by atoms with E-state index in [1.54, 1.807) is 6.07 Å². The first kappa shape index (κ1) is 18.6. The molecule has 0 saturated heterocycles. The Hall–Kier alpha value is -4.18. The molecule has 0 amide bonds. The van der Waals surface area contributed by atoms with Crippen LogP contribution in [0.3, 0.4) is 0 Å². The number of benzene rings is 6. The van der Waals surface area contributed by atoms with E-state index in [9.17, 15) is 9.59 Å². The van der Waals surface area contributed by atoms with Crippen molar-refractivity contribution in [3.8, 4) is 11.5 Å². The summed E-state index contributed by atoms with van der Waals surface area (Å²) in [7, 11) is 0. The zero-order valence-electron chi connectivity index (χ0n) is 17.6. The van der Waals surface area contributed by atoms with E-state index in [0.29, 0.717) is 0 Å². The summed E-state index contributed by atoms with van der Waals surface area (Å²) in [6.07, 6.45) is 0. The van der Waals surface area contributed by atoms with Gasteiger partial charge in [-0.05, 0) is 66.7 Å². The van der Waals surface area contributed by atoms with Crippen LogP contribution >= 0.6 is 0 Å². The molecule has 0 spiro atoms. The van der Waals surface area contributed by atoms with Crippen LogP contribution in [-0.2, 0) is 9.59 Å². The molecular weight excluding hydrogens is 400 g/mol. The predicted octanol–water partition coefficient (Wildman–Crippen LogP) is 6.74. The number of carbonyl (C=O) groups excluding carboxylic acids is 2. The maximum Gasteiger partial charge on any atom is 0.308 e. The van der Waals surface area contributed by atoms with E-state index in [4.69, 9.17) is 9.47 Å². The molecule has 0 N–H and O–H groups in total. The second-order valence-corrected chi connectivity index (χ2v) is 8.04. The summed E-state index contributed by atoms with van der Waals surface area (Å²) in [6, 6.07) is 24.6. The van der Waals surface area contributed by atoms with Crippen molar-refractivity contribution in [1.29, 1.82) is 0 Å². The number of hydrogen-bond acceptors (Lipinski definition) is 4. The summed E-state index contributed by atoms with van der Waals surface area (Å²) < 4.78 is 11.0. The van der Waals surface area contributed by atoms with Crippen LogP contribution in [0.4, 0.5) is 0 Å². The van der Waals surface area contributed by atoms with Gasteiger partial charge in [-0.15, -0.1) is 0 Å². The average Bonchev–Trinajstić information content (AvgIpc) is 2.78. The summed E-state index contributed by atoms with van der Waals surface area (Å²) in [5.41, 5.74) is 0. The van der Waals surface area contributed by atoms with Crippen molar-refractivity contribution < 1.29 is 19.1 Å². The highest BCUT2D eigenvalue weighted by Gasteiger charge is 2.20. The van der Waals surface area contributed by atoms with E-state index in [-0.39, 0.29) is 11.5 Å². The Bertz CT molecular complexity index is 1730. The molecule has 0 bridgehead atoms. The van der Waals surface area contributed by atoms with Crippen molar-refractivity contribution in [2.45, 2.75) is 13.8 Å². The molecule has 0 aliphatic heterocycles. The third-order valence-corrected chi connectivity index (χ3v) is 6.04. The summed E-state index contributed by atoms with van der Waals surface area (Å²) >= 11 is 0. The van der Waals surface area contributed by atoms with Crippen molar-refractivity contribution in [3.05, 3.63) is 72.8 Å². The fourth-order valence-electron chi connectivity index (χ4n) is 4.94. The fourth-order valence-corrected chi connectivity index (χ4v) is 4.94. The smallest absolute Gasteiger partial charge is 0.308 e. The number of fused-ring (bicyclic) bond motifs is 5. The minimum Gasteiger partial charge on any atom is -0.423 e. The highest BCUT2D eigenvalue weighted by atomic mass is 16.6. The summed E-state index contributed by atoms with van der Waals surface area (Å²) in [6.45, 7) is 2.67. The second kappa shape index (κ2) is 6.66. The van der Waals surface area contributed by atoms with Crippen LogP contribution in [-0.4, -0.2) is 11.9 Å². The molecule has 6 aromatic carbocycles. The monoisotopic (exact) mass is 418 g/mol. The first-order valence-electron chi connectivity index (χ1n) is 10.4. The van der Waals surface area contributed by atoms with E-state index in [1.807, 2.05) is 18.2 Å². The van der Waals surface area contributed by atoms with Crippen molar-refractivity contribution in [3.63, 3.8) is 0 Å². The zero-order valence-corrected chi connectivity index (χ0v) is 17.6. The molecule has 0 fully saturated rings. The van der Waals surface area contributed by atoms with Gasteiger partial charge in [0.1, 0.15) is 0 Å². The molecule has 0 heterocycles. The van der Waals surface area contributed by atoms with Crippen molar-refractivity contribution in [2.75, 3.05) is 0 Å². The van der Waals surface area contributed by atoms with E-state index >= 15 is 0 Å². The lowest BCUT2D eigenvalue weighted by molar-refractivity contribution is -0.134. The first-order valence-corrected chi connectivity index (χ1v) is 10.4. The average molecular weight is 418 g/mol. The number of esters is 2. The Morgan fingerprint density at radius 2 is 1.22 bits per heavy atom. The summed E-state index contributed by atoms with van der Waals surface area (Å²) in [4.78, 5) is 23.6. The maximum atomic E-state index is 11.9. The Kier molecular flexibility index (Phi) is 3.87. The van der Waals surface area contributed by atoms with Gasteiger partial charge in [0.25, 0.3) is 0 Å². The largest absolute Gasteiger partial charge is 0.423 e. The van der Waals surface area contributed by atoms with Crippen LogP contribution in [0.25, 0.3) is 53.9 Å². The normalized spacial score (nSPS) is 11.7. The molecule has 154 valence electrons. The number of ether oxygens (including phenoxy) is 2. The summed E-state index contributed by atoms with van der Waals surface area (Å²) in [5, 5.41) is 10.9. The number of rotatable bonds is 2. The van der Waals surface area contributed by atoms with Crippen molar-refractivity contribution in [2.24, 2.45) is 0 Å². The van der Waals surface area contributed by atoms with Crippen LogP contribution in [0.5, 0.6) is 11.5 Å². The van der Waals surface area contributed by atoms with Gasteiger partial charge in [0, 0.05) is 19.2 Å². The molecule has 0 aliphatic carbocycles. The topological polar surface area (TPSA) is 52.6 Å². The Morgan fingerprint density at radius 3 is 2.00 bits per heavy atom. The molecule has 0 atom stereocenters. The lowest BCUT2D eigenvalue weighted by atomic mass is 9.86. The molecule has 0 aromatic heterocycles. The van der Waals surface area contributed by atoms with Gasteiger partial charge in [-0.2, -0.15) is 0 Å². The summed E-state index contributed by atoms with van der Waals surface area (Å²) in [5.74, 6) is -0.446. The Labute approximate surface area is 183 Å². The van der Waals surface area contributed by atoms with Crippen LogP contribution in [0.1, 0.15) is 13.8 Å². The van der Waals surface area contributed by atoms with E-state index in [1.165, 1.54) is 40.8 Å². The van der Waals surface area contributed by atoms with Gasteiger partial charge >= 0.3 is 11.9 Å². The molecule has 0 unspecified atom stereocenters. The van der Waals surface area contributed by atoms with E-state index < -0.39 is 11.9 Å². The molecule has 0 radical (unpaired) electrons. The molecule has 32 heavy (non-hydrogen) atoms. The van der Waals surface area contributed by atoms with Gasteiger partial charge < -0.3 is 9.47 Å². The minimum absolute atomic E-state index is 0.234. The van der Waals surface area contributed by atoms with Crippen LogP contribution in [0.2, 0.25) is 0 Å². The lowest BCUT2D eigenvalue weighted by Crippen LogP contribution is -2.07. The highest BCUT2D eigenvalue weighted by molar-refractivity contribution is 6.39. The van der Waals surface area contributed by atoms with Crippen molar-refractivity contribution in [1.82, 2.24) is 0 Å². The third-order valence-electron chi connectivity index (χ3n) is 6.04. The molecule has 0 aliphatic rings. The van der Waals surface area contributed by atoms with Gasteiger partial charge in [-0.1, -0.05) is 54.6 Å². The molecule has 0 saturated carbocycles. The van der Waals surface area contributed by atoms with Crippen LogP contribution < -0.4 is 9.47 Å². The van der Waals surface area contributed by atoms with E-state index in [0.717, 1.165) is 26.9 Å². The quantitative estimate of drug-likeness (QED) is 0.135. The zero-order chi connectivity index (χ0) is 22.0. The van der Waals surface area contributed by atoms with Gasteiger partial charge in [0.05, 0.1) is 0 Å². The molecule has 6 rings (SSSR count). The predicted molar refractivity (Wildman–Crippen MR) is 128 cm³/mol. The van der Waals surface area contributed by atoms with E-state index in [2.05, 4.69) is 48.5 Å².